The predicted molar refractivity (Wildman–Crippen MR) is 77.8 cm³/mol. The normalized spacial score (nSPS) is 16.7. The Kier molecular flexibility index (Phi) is 4.83. The number of hydrogen-bond acceptors (Lipinski definition) is 3. The Balaban J connectivity index is 1.98. The molecule has 0 saturated heterocycles. The first-order valence-electron chi connectivity index (χ1n) is 7.20. The van der Waals surface area contributed by atoms with Crippen molar-refractivity contribution in [2.75, 3.05) is 13.2 Å². The van der Waals surface area contributed by atoms with Crippen LogP contribution in [0, 0.1) is 6.92 Å². The monoisotopic (exact) mass is 263 g/mol. The number of aliphatic hydroxyl groups is 1. The summed E-state index contributed by atoms with van der Waals surface area (Å²) in [5.41, 5.74) is 2.43. The van der Waals surface area contributed by atoms with Gasteiger partial charge in [-0.05, 0) is 42.9 Å². The molecule has 19 heavy (non-hydrogen) atoms. The van der Waals surface area contributed by atoms with Gasteiger partial charge in [0.15, 0.2) is 0 Å². The fraction of sp³-hybridized carbons (Fsp3) is 0.625. The highest BCUT2D eigenvalue weighted by Gasteiger charge is 2.24. The van der Waals surface area contributed by atoms with E-state index in [0.717, 1.165) is 5.75 Å². The molecule has 3 nitrogen and oxygen atoms in total. The highest BCUT2D eigenvalue weighted by molar-refractivity contribution is 5.39. The summed E-state index contributed by atoms with van der Waals surface area (Å²) in [4.78, 5) is 0. The van der Waals surface area contributed by atoms with Crippen molar-refractivity contribution in [2.45, 2.75) is 51.6 Å². The molecule has 1 atom stereocenters. The zero-order valence-electron chi connectivity index (χ0n) is 12.1. The van der Waals surface area contributed by atoms with E-state index in [1.165, 1.54) is 24.0 Å². The minimum Gasteiger partial charge on any atom is -0.492 e. The summed E-state index contributed by atoms with van der Waals surface area (Å²) in [5.74, 6) is 1.39. The van der Waals surface area contributed by atoms with Crippen molar-refractivity contribution < 1.29 is 9.84 Å². The molecule has 1 aliphatic rings. The lowest BCUT2D eigenvalue weighted by Crippen LogP contribution is -2.39. The Labute approximate surface area is 116 Å². The number of aliphatic hydroxyl groups excluding tert-OH is 1. The zero-order valence-corrected chi connectivity index (χ0v) is 12.1. The third-order valence-corrected chi connectivity index (χ3v) is 3.50. The van der Waals surface area contributed by atoms with E-state index in [0.29, 0.717) is 18.6 Å². The van der Waals surface area contributed by atoms with Crippen LogP contribution in [0.3, 0.4) is 0 Å². The second kappa shape index (κ2) is 6.40. The molecule has 0 radical (unpaired) electrons. The van der Waals surface area contributed by atoms with Gasteiger partial charge in [-0.25, -0.2) is 0 Å². The summed E-state index contributed by atoms with van der Waals surface area (Å²) in [5, 5.41) is 12.8. The van der Waals surface area contributed by atoms with Crippen molar-refractivity contribution in [3.8, 4) is 5.75 Å². The third kappa shape index (κ3) is 4.22. The number of rotatable bonds is 7. The molecule has 0 bridgehead atoms. The van der Waals surface area contributed by atoms with Gasteiger partial charge in [0.2, 0.25) is 0 Å². The van der Waals surface area contributed by atoms with Gasteiger partial charge in [0.1, 0.15) is 12.4 Å². The minimum absolute atomic E-state index is 0.0352. The van der Waals surface area contributed by atoms with Crippen LogP contribution in [-0.4, -0.2) is 30.4 Å². The maximum atomic E-state index is 9.37. The van der Waals surface area contributed by atoms with Gasteiger partial charge in [0, 0.05) is 6.04 Å². The van der Waals surface area contributed by atoms with Crippen LogP contribution in [-0.2, 0) is 0 Å². The molecule has 1 aliphatic carbocycles. The molecule has 106 valence electrons. The van der Waals surface area contributed by atoms with Gasteiger partial charge in [-0.1, -0.05) is 26.0 Å². The van der Waals surface area contributed by atoms with Gasteiger partial charge >= 0.3 is 0 Å². The molecule has 0 amide bonds. The Morgan fingerprint density at radius 2 is 2.11 bits per heavy atom. The predicted octanol–water partition coefficient (Wildman–Crippen LogP) is 2.61. The molecule has 1 saturated carbocycles. The van der Waals surface area contributed by atoms with Crippen LogP contribution in [0.15, 0.2) is 18.2 Å². The van der Waals surface area contributed by atoms with E-state index >= 15 is 0 Å². The summed E-state index contributed by atoms with van der Waals surface area (Å²) in [6.45, 7) is 7.06. The van der Waals surface area contributed by atoms with E-state index in [1.807, 2.05) is 0 Å². The topological polar surface area (TPSA) is 41.5 Å². The summed E-state index contributed by atoms with van der Waals surface area (Å²) < 4.78 is 5.94. The van der Waals surface area contributed by atoms with Crippen LogP contribution in [0.5, 0.6) is 5.75 Å². The second-order valence-electron chi connectivity index (χ2n) is 5.83. The molecule has 3 heteroatoms. The molecule has 0 aromatic heterocycles. The number of aryl methyl sites for hydroxylation is 1. The summed E-state index contributed by atoms with van der Waals surface area (Å²) in [6, 6.07) is 6.96. The lowest BCUT2D eigenvalue weighted by molar-refractivity contribution is 0.181. The van der Waals surface area contributed by atoms with Gasteiger partial charge in [-0.3, -0.25) is 0 Å². The maximum absolute atomic E-state index is 9.37. The zero-order chi connectivity index (χ0) is 13.8. The Bertz CT molecular complexity index is 413. The maximum Gasteiger partial charge on any atom is 0.123 e. The van der Waals surface area contributed by atoms with E-state index in [1.54, 1.807) is 0 Å². The van der Waals surface area contributed by atoms with Crippen LogP contribution in [0.25, 0.3) is 0 Å². The van der Waals surface area contributed by atoms with Crippen molar-refractivity contribution in [1.29, 1.82) is 0 Å². The fourth-order valence-electron chi connectivity index (χ4n) is 2.17. The van der Waals surface area contributed by atoms with E-state index in [2.05, 4.69) is 44.3 Å². The van der Waals surface area contributed by atoms with E-state index < -0.39 is 0 Å². The first-order valence-corrected chi connectivity index (χ1v) is 7.20. The Hall–Kier alpha value is -1.06. The van der Waals surface area contributed by atoms with Gasteiger partial charge in [0.25, 0.3) is 0 Å². The number of ether oxygens (including phenoxy) is 1. The van der Waals surface area contributed by atoms with Gasteiger partial charge in [-0.2, -0.15) is 0 Å². The number of benzene rings is 1. The van der Waals surface area contributed by atoms with Crippen LogP contribution in [0.1, 0.15) is 43.7 Å². The van der Waals surface area contributed by atoms with Crippen molar-refractivity contribution in [2.24, 2.45) is 0 Å². The standard InChI is InChI=1S/C16H25NO2/c1-11(2)15-7-4-12(3)8-16(15)19-10-14(9-18)17-13-5-6-13/h4,7-8,11,13-14,17-18H,5-6,9-10H2,1-3H3. The molecule has 2 N–H and O–H groups in total. The van der Waals surface area contributed by atoms with E-state index in [-0.39, 0.29) is 12.6 Å². The van der Waals surface area contributed by atoms with E-state index in [4.69, 9.17) is 4.74 Å². The SMILES string of the molecule is Cc1ccc(C(C)C)c(OCC(CO)NC2CC2)c1. The second-order valence-corrected chi connectivity index (χ2v) is 5.83. The molecule has 1 fully saturated rings. The minimum atomic E-state index is 0.0352. The summed E-state index contributed by atoms with van der Waals surface area (Å²) in [6.07, 6.45) is 2.44. The number of hydrogen-bond donors (Lipinski definition) is 2. The molecule has 0 heterocycles. The first-order chi connectivity index (χ1) is 9.10. The van der Waals surface area contributed by atoms with Crippen molar-refractivity contribution >= 4 is 0 Å². The molecular weight excluding hydrogens is 238 g/mol. The average Bonchev–Trinajstić information content (AvgIpc) is 3.18. The molecule has 1 unspecified atom stereocenters. The van der Waals surface area contributed by atoms with E-state index in [9.17, 15) is 5.11 Å². The van der Waals surface area contributed by atoms with Crippen LogP contribution < -0.4 is 10.1 Å². The first kappa shape index (κ1) is 14.4. The smallest absolute Gasteiger partial charge is 0.123 e. The highest BCUT2D eigenvalue weighted by Crippen LogP contribution is 2.27. The van der Waals surface area contributed by atoms with Crippen LogP contribution in [0.4, 0.5) is 0 Å². The molecular formula is C16H25NO2. The third-order valence-electron chi connectivity index (χ3n) is 3.50. The van der Waals surface area contributed by atoms with Crippen LogP contribution >= 0.6 is 0 Å². The molecule has 1 aromatic carbocycles. The van der Waals surface area contributed by atoms with Gasteiger partial charge in [0.05, 0.1) is 12.6 Å². The Morgan fingerprint density at radius 1 is 1.37 bits per heavy atom. The Morgan fingerprint density at radius 3 is 2.68 bits per heavy atom. The van der Waals surface area contributed by atoms with Crippen molar-refractivity contribution in [1.82, 2.24) is 5.32 Å². The quantitative estimate of drug-likeness (QED) is 0.794. The summed E-state index contributed by atoms with van der Waals surface area (Å²) >= 11 is 0. The number of nitrogens with one attached hydrogen (secondary N) is 1. The van der Waals surface area contributed by atoms with Crippen molar-refractivity contribution in [3.05, 3.63) is 29.3 Å². The van der Waals surface area contributed by atoms with Crippen molar-refractivity contribution in [3.63, 3.8) is 0 Å². The largest absolute Gasteiger partial charge is 0.492 e. The lowest BCUT2D eigenvalue weighted by atomic mass is 10.0. The molecule has 2 rings (SSSR count). The molecule has 1 aromatic rings. The molecule has 0 aliphatic heterocycles. The average molecular weight is 263 g/mol. The van der Waals surface area contributed by atoms with Gasteiger partial charge in [-0.15, -0.1) is 0 Å². The summed E-state index contributed by atoms with van der Waals surface area (Å²) in [7, 11) is 0. The lowest BCUT2D eigenvalue weighted by Gasteiger charge is -2.19. The molecule has 0 spiro atoms. The fourth-order valence-corrected chi connectivity index (χ4v) is 2.17. The van der Waals surface area contributed by atoms with Crippen LogP contribution in [0.2, 0.25) is 0 Å². The highest BCUT2D eigenvalue weighted by atomic mass is 16.5. The van der Waals surface area contributed by atoms with Gasteiger partial charge < -0.3 is 15.2 Å².